The first-order valence-electron chi connectivity index (χ1n) is 9.24. The van der Waals surface area contributed by atoms with Crippen LogP contribution >= 0.6 is 0 Å². The molecule has 4 heteroatoms. The van der Waals surface area contributed by atoms with Crippen molar-refractivity contribution in [3.05, 3.63) is 0 Å². The molecule has 2 aliphatic rings. The van der Waals surface area contributed by atoms with Gasteiger partial charge in [-0.15, -0.1) is 0 Å². The van der Waals surface area contributed by atoms with E-state index in [-0.39, 0.29) is 12.1 Å². The topological polar surface area (TPSA) is 52.6 Å². The zero-order chi connectivity index (χ0) is 15.9. The molecule has 0 heterocycles. The van der Waals surface area contributed by atoms with E-state index in [4.69, 9.17) is 0 Å². The monoisotopic (exact) mass is 310 g/mol. The quantitative estimate of drug-likeness (QED) is 0.788. The Labute approximate surface area is 135 Å². The number of urea groups is 1. The summed E-state index contributed by atoms with van der Waals surface area (Å²) in [5.74, 6) is 1.34. The number of rotatable bonds is 6. The number of nitrogens with one attached hydrogen (secondary N) is 1. The zero-order valence-corrected chi connectivity index (χ0v) is 14.4. The first-order chi connectivity index (χ1) is 10.6. The van der Waals surface area contributed by atoms with Crippen molar-refractivity contribution in [2.75, 3.05) is 13.7 Å². The van der Waals surface area contributed by atoms with Crippen molar-refractivity contribution in [3.8, 4) is 0 Å². The zero-order valence-electron chi connectivity index (χ0n) is 14.4. The Balaban J connectivity index is 1.66. The number of carbonyl (C=O) groups is 1. The summed E-state index contributed by atoms with van der Waals surface area (Å²) in [5.41, 5.74) is 0. The Kier molecular flexibility index (Phi) is 7.00. The summed E-state index contributed by atoms with van der Waals surface area (Å²) in [7, 11) is 1.92. The van der Waals surface area contributed by atoms with Crippen LogP contribution in [0.4, 0.5) is 4.79 Å². The van der Waals surface area contributed by atoms with Crippen LogP contribution in [0.25, 0.3) is 0 Å². The Morgan fingerprint density at radius 1 is 1.14 bits per heavy atom. The maximum absolute atomic E-state index is 12.4. The Morgan fingerprint density at radius 3 is 2.36 bits per heavy atom. The van der Waals surface area contributed by atoms with Gasteiger partial charge in [-0.05, 0) is 57.3 Å². The maximum Gasteiger partial charge on any atom is 0.317 e. The van der Waals surface area contributed by atoms with Gasteiger partial charge in [0.25, 0.3) is 0 Å². The summed E-state index contributed by atoms with van der Waals surface area (Å²) in [6.45, 7) is 2.42. The summed E-state index contributed by atoms with van der Waals surface area (Å²) in [5, 5.41) is 12.4. The van der Waals surface area contributed by atoms with Gasteiger partial charge in [-0.2, -0.15) is 0 Å². The summed E-state index contributed by atoms with van der Waals surface area (Å²) < 4.78 is 0. The van der Waals surface area contributed by atoms with Crippen molar-refractivity contribution in [2.24, 2.45) is 11.8 Å². The highest BCUT2D eigenvalue weighted by atomic mass is 16.3. The van der Waals surface area contributed by atoms with E-state index in [0.29, 0.717) is 18.6 Å². The highest BCUT2D eigenvalue weighted by molar-refractivity contribution is 5.74. The van der Waals surface area contributed by atoms with E-state index < -0.39 is 0 Å². The SMILES string of the molecule is CC(CCC1CCCC1)NC(=O)N(C)C1CCC(CO)CC1. The van der Waals surface area contributed by atoms with Gasteiger partial charge < -0.3 is 15.3 Å². The molecule has 0 aromatic rings. The van der Waals surface area contributed by atoms with E-state index in [1.807, 2.05) is 11.9 Å². The molecule has 2 aliphatic carbocycles. The molecule has 0 saturated heterocycles. The molecule has 0 aromatic carbocycles. The van der Waals surface area contributed by atoms with Crippen LogP contribution in [-0.2, 0) is 0 Å². The third-order valence-electron chi connectivity index (χ3n) is 5.80. The first kappa shape index (κ1) is 17.6. The van der Waals surface area contributed by atoms with Crippen LogP contribution < -0.4 is 5.32 Å². The smallest absolute Gasteiger partial charge is 0.317 e. The number of aliphatic hydroxyl groups excluding tert-OH is 1. The molecule has 1 unspecified atom stereocenters. The maximum atomic E-state index is 12.4. The van der Waals surface area contributed by atoms with Gasteiger partial charge in [0, 0.05) is 25.7 Å². The van der Waals surface area contributed by atoms with Crippen molar-refractivity contribution in [3.63, 3.8) is 0 Å². The van der Waals surface area contributed by atoms with Crippen LogP contribution in [0, 0.1) is 11.8 Å². The molecule has 0 spiro atoms. The summed E-state index contributed by atoms with van der Waals surface area (Å²) in [6.07, 6.45) is 12.0. The van der Waals surface area contributed by atoms with E-state index in [9.17, 15) is 9.90 Å². The third-order valence-corrected chi connectivity index (χ3v) is 5.80. The molecule has 4 nitrogen and oxygen atoms in total. The lowest BCUT2D eigenvalue weighted by atomic mass is 9.86. The molecule has 128 valence electrons. The highest BCUT2D eigenvalue weighted by Crippen LogP contribution is 2.29. The van der Waals surface area contributed by atoms with Crippen LogP contribution in [0.5, 0.6) is 0 Å². The number of carbonyl (C=O) groups excluding carboxylic acids is 1. The molecule has 22 heavy (non-hydrogen) atoms. The van der Waals surface area contributed by atoms with Gasteiger partial charge in [-0.25, -0.2) is 4.79 Å². The van der Waals surface area contributed by atoms with Crippen molar-refractivity contribution in [2.45, 2.75) is 83.2 Å². The van der Waals surface area contributed by atoms with Crippen molar-refractivity contribution >= 4 is 6.03 Å². The molecule has 2 fully saturated rings. The van der Waals surface area contributed by atoms with E-state index in [1.165, 1.54) is 32.1 Å². The lowest BCUT2D eigenvalue weighted by Crippen LogP contribution is -2.47. The molecule has 0 aliphatic heterocycles. The van der Waals surface area contributed by atoms with Gasteiger partial charge >= 0.3 is 6.03 Å². The fourth-order valence-electron chi connectivity index (χ4n) is 4.05. The fourth-order valence-corrected chi connectivity index (χ4v) is 4.05. The average molecular weight is 310 g/mol. The predicted molar refractivity (Wildman–Crippen MR) is 89.8 cm³/mol. The average Bonchev–Trinajstić information content (AvgIpc) is 3.05. The van der Waals surface area contributed by atoms with Crippen LogP contribution in [-0.4, -0.2) is 41.8 Å². The van der Waals surface area contributed by atoms with Gasteiger partial charge in [0.2, 0.25) is 0 Å². The summed E-state index contributed by atoms with van der Waals surface area (Å²) >= 11 is 0. The normalized spacial score (nSPS) is 27.6. The second-order valence-electron chi connectivity index (χ2n) is 7.55. The second kappa shape index (κ2) is 8.76. The number of amides is 2. The molecular formula is C18H34N2O2. The minimum atomic E-state index is 0.0753. The standard InChI is InChI=1S/C18H34N2O2/c1-14(7-8-15-5-3-4-6-15)19-18(22)20(2)17-11-9-16(13-21)10-12-17/h14-17,21H,3-13H2,1-2H3,(H,19,22). The van der Waals surface area contributed by atoms with E-state index in [0.717, 1.165) is 38.0 Å². The van der Waals surface area contributed by atoms with E-state index >= 15 is 0 Å². The van der Waals surface area contributed by atoms with Crippen molar-refractivity contribution < 1.29 is 9.90 Å². The minimum Gasteiger partial charge on any atom is -0.396 e. The molecule has 2 amide bonds. The molecule has 2 N–H and O–H groups in total. The van der Waals surface area contributed by atoms with Crippen LogP contribution in [0.15, 0.2) is 0 Å². The van der Waals surface area contributed by atoms with Crippen molar-refractivity contribution in [1.82, 2.24) is 10.2 Å². The van der Waals surface area contributed by atoms with Crippen LogP contribution in [0.1, 0.15) is 71.1 Å². The highest BCUT2D eigenvalue weighted by Gasteiger charge is 2.26. The molecule has 2 saturated carbocycles. The molecular weight excluding hydrogens is 276 g/mol. The summed E-state index contributed by atoms with van der Waals surface area (Å²) in [6, 6.07) is 0.681. The van der Waals surface area contributed by atoms with Crippen molar-refractivity contribution in [1.29, 1.82) is 0 Å². The van der Waals surface area contributed by atoms with Gasteiger partial charge in [0.1, 0.15) is 0 Å². The fraction of sp³-hybridized carbons (Fsp3) is 0.944. The number of aliphatic hydroxyl groups is 1. The summed E-state index contributed by atoms with van der Waals surface area (Å²) in [4.78, 5) is 14.3. The Hall–Kier alpha value is -0.770. The lowest BCUT2D eigenvalue weighted by molar-refractivity contribution is 0.132. The predicted octanol–water partition coefficient (Wildman–Crippen LogP) is 3.54. The molecule has 0 aromatic heterocycles. The minimum absolute atomic E-state index is 0.0753. The van der Waals surface area contributed by atoms with Gasteiger partial charge in [-0.1, -0.05) is 25.7 Å². The molecule has 2 rings (SSSR count). The lowest BCUT2D eigenvalue weighted by Gasteiger charge is -2.34. The molecule has 1 atom stereocenters. The number of hydrogen-bond donors (Lipinski definition) is 2. The van der Waals surface area contributed by atoms with E-state index in [2.05, 4.69) is 12.2 Å². The van der Waals surface area contributed by atoms with Gasteiger partial charge in [0.15, 0.2) is 0 Å². The molecule has 0 bridgehead atoms. The van der Waals surface area contributed by atoms with Crippen LogP contribution in [0.2, 0.25) is 0 Å². The molecule has 0 radical (unpaired) electrons. The third kappa shape index (κ3) is 5.15. The number of nitrogens with zero attached hydrogens (tertiary/aromatic N) is 1. The Bertz CT molecular complexity index is 334. The van der Waals surface area contributed by atoms with Gasteiger partial charge in [-0.3, -0.25) is 0 Å². The second-order valence-corrected chi connectivity index (χ2v) is 7.55. The van der Waals surface area contributed by atoms with Gasteiger partial charge in [0.05, 0.1) is 0 Å². The first-order valence-corrected chi connectivity index (χ1v) is 9.24. The Morgan fingerprint density at radius 2 is 1.77 bits per heavy atom. The largest absolute Gasteiger partial charge is 0.396 e. The van der Waals surface area contributed by atoms with Crippen LogP contribution in [0.3, 0.4) is 0 Å². The van der Waals surface area contributed by atoms with E-state index in [1.54, 1.807) is 0 Å². The number of hydrogen-bond acceptors (Lipinski definition) is 2.